The molecule has 0 aliphatic heterocycles. The molecule has 0 saturated heterocycles. The highest BCUT2D eigenvalue weighted by Gasteiger charge is 2.04. The van der Waals surface area contributed by atoms with Gasteiger partial charge in [0, 0.05) is 6.07 Å². The van der Waals surface area contributed by atoms with E-state index < -0.39 is 0 Å². The number of amides is 1. The van der Waals surface area contributed by atoms with Crippen LogP contribution in [0.3, 0.4) is 0 Å². The number of anilines is 1. The van der Waals surface area contributed by atoms with Crippen molar-refractivity contribution >= 4 is 11.7 Å². The maximum atomic E-state index is 11.5. The van der Waals surface area contributed by atoms with E-state index in [2.05, 4.69) is 15.5 Å². The maximum absolute atomic E-state index is 11.5. The average molecular weight is 242 g/mol. The standard InChI is InChI=1S/C12H10N4O2/c13-7-9-1-3-10(4-2-9)18-8-12(17)15-11-5-6-14-16-11/h1-6H,8H2,(H2,14,15,16,17). The Morgan fingerprint density at radius 3 is 2.78 bits per heavy atom. The maximum Gasteiger partial charge on any atom is 0.263 e. The summed E-state index contributed by atoms with van der Waals surface area (Å²) in [4.78, 5) is 11.5. The lowest BCUT2D eigenvalue weighted by molar-refractivity contribution is -0.118. The zero-order valence-electron chi connectivity index (χ0n) is 9.38. The van der Waals surface area contributed by atoms with Crippen molar-refractivity contribution in [3.05, 3.63) is 42.1 Å². The minimum absolute atomic E-state index is 0.106. The van der Waals surface area contributed by atoms with Gasteiger partial charge in [0.15, 0.2) is 6.61 Å². The summed E-state index contributed by atoms with van der Waals surface area (Å²) >= 11 is 0. The third kappa shape index (κ3) is 3.09. The fourth-order valence-corrected chi connectivity index (χ4v) is 1.29. The Labute approximate surface area is 103 Å². The van der Waals surface area contributed by atoms with Crippen LogP contribution in [0.2, 0.25) is 0 Å². The van der Waals surface area contributed by atoms with Gasteiger partial charge in [-0.2, -0.15) is 10.4 Å². The number of hydrogen-bond donors (Lipinski definition) is 2. The van der Waals surface area contributed by atoms with E-state index in [1.165, 1.54) is 6.20 Å². The van der Waals surface area contributed by atoms with Crippen LogP contribution in [-0.2, 0) is 4.79 Å². The van der Waals surface area contributed by atoms with Crippen molar-refractivity contribution in [1.82, 2.24) is 10.2 Å². The summed E-state index contributed by atoms with van der Waals surface area (Å²) in [6, 6.07) is 10.2. The van der Waals surface area contributed by atoms with Crippen LogP contribution in [0.15, 0.2) is 36.5 Å². The summed E-state index contributed by atoms with van der Waals surface area (Å²) in [7, 11) is 0. The molecule has 2 N–H and O–H groups in total. The number of aromatic nitrogens is 2. The van der Waals surface area contributed by atoms with Crippen LogP contribution >= 0.6 is 0 Å². The lowest BCUT2D eigenvalue weighted by atomic mass is 10.2. The first-order valence-electron chi connectivity index (χ1n) is 5.20. The molecule has 2 aromatic rings. The Kier molecular flexibility index (Phi) is 3.56. The highest BCUT2D eigenvalue weighted by molar-refractivity contribution is 5.90. The van der Waals surface area contributed by atoms with Gasteiger partial charge in [-0.1, -0.05) is 0 Å². The summed E-state index contributed by atoms with van der Waals surface area (Å²) in [5.74, 6) is 0.765. The predicted molar refractivity (Wildman–Crippen MR) is 63.9 cm³/mol. The fourth-order valence-electron chi connectivity index (χ4n) is 1.29. The van der Waals surface area contributed by atoms with Gasteiger partial charge in [-0.25, -0.2) is 0 Å². The number of hydrogen-bond acceptors (Lipinski definition) is 4. The first-order chi connectivity index (χ1) is 8.78. The third-order valence-electron chi connectivity index (χ3n) is 2.13. The Morgan fingerprint density at radius 2 is 2.17 bits per heavy atom. The highest BCUT2D eigenvalue weighted by atomic mass is 16.5. The molecular formula is C12H10N4O2. The normalized spacial score (nSPS) is 9.50. The molecule has 1 amide bonds. The second-order valence-corrected chi connectivity index (χ2v) is 3.44. The van der Waals surface area contributed by atoms with E-state index in [1.807, 2.05) is 6.07 Å². The summed E-state index contributed by atoms with van der Waals surface area (Å²) in [5, 5.41) is 17.5. The molecule has 0 bridgehead atoms. The number of rotatable bonds is 4. The highest BCUT2D eigenvalue weighted by Crippen LogP contribution is 2.11. The van der Waals surface area contributed by atoms with Crippen molar-refractivity contribution in [2.24, 2.45) is 0 Å². The Hall–Kier alpha value is -2.81. The van der Waals surface area contributed by atoms with E-state index in [9.17, 15) is 4.79 Å². The molecular weight excluding hydrogens is 232 g/mol. The minimum atomic E-state index is -0.288. The number of nitrogens with zero attached hydrogens (tertiary/aromatic N) is 2. The molecule has 0 radical (unpaired) electrons. The van der Waals surface area contributed by atoms with Gasteiger partial charge in [0.25, 0.3) is 5.91 Å². The van der Waals surface area contributed by atoms with E-state index in [4.69, 9.17) is 10.00 Å². The molecule has 1 aromatic heterocycles. The molecule has 0 unspecified atom stereocenters. The molecule has 1 aromatic carbocycles. The van der Waals surface area contributed by atoms with Crippen LogP contribution in [0, 0.1) is 11.3 Å². The van der Waals surface area contributed by atoms with Crippen LogP contribution in [0.4, 0.5) is 5.82 Å². The molecule has 0 saturated carbocycles. The van der Waals surface area contributed by atoms with E-state index in [0.29, 0.717) is 17.1 Å². The van der Waals surface area contributed by atoms with E-state index in [0.717, 1.165) is 0 Å². The SMILES string of the molecule is N#Cc1ccc(OCC(=O)Nc2ccn[nH]2)cc1. The largest absolute Gasteiger partial charge is 0.484 e. The number of carbonyl (C=O) groups is 1. The van der Waals surface area contributed by atoms with E-state index in [1.54, 1.807) is 30.3 Å². The van der Waals surface area contributed by atoms with Gasteiger partial charge in [-0.05, 0) is 24.3 Å². The zero-order valence-corrected chi connectivity index (χ0v) is 9.38. The molecule has 0 spiro atoms. The molecule has 6 nitrogen and oxygen atoms in total. The van der Waals surface area contributed by atoms with E-state index >= 15 is 0 Å². The van der Waals surface area contributed by atoms with Gasteiger partial charge in [0.05, 0.1) is 17.8 Å². The van der Waals surface area contributed by atoms with Crippen molar-refractivity contribution in [3.8, 4) is 11.8 Å². The molecule has 0 fully saturated rings. The topological polar surface area (TPSA) is 90.8 Å². The van der Waals surface area contributed by atoms with Crippen LogP contribution < -0.4 is 10.1 Å². The van der Waals surface area contributed by atoms with Crippen molar-refractivity contribution in [2.45, 2.75) is 0 Å². The first-order valence-corrected chi connectivity index (χ1v) is 5.20. The second kappa shape index (κ2) is 5.50. The van der Waals surface area contributed by atoms with Crippen LogP contribution in [0.5, 0.6) is 5.75 Å². The molecule has 1 heterocycles. The summed E-state index contributed by atoms with van der Waals surface area (Å²) in [5.41, 5.74) is 0.546. The number of ether oxygens (including phenoxy) is 1. The number of nitriles is 1. The monoisotopic (exact) mass is 242 g/mol. The summed E-state index contributed by atoms with van der Waals surface area (Å²) in [6.45, 7) is -0.106. The molecule has 0 atom stereocenters. The Balaban J connectivity index is 1.83. The van der Waals surface area contributed by atoms with Gasteiger partial charge in [-0.15, -0.1) is 0 Å². The Bertz CT molecular complexity index is 555. The molecule has 90 valence electrons. The van der Waals surface area contributed by atoms with Crippen molar-refractivity contribution in [1.29, 1.82) is 5.26 Å². The molecule has 2 rings (SSSR count). The predicted octanol–water partition coefficient (Wildman–Crippen LogP) is 1.30. The minimum Gasteiger partial charge on any atom is -0.484 e. The smallest absolute Gasteiger partial charge is 0.263 e. The van der Waals surface area contributed by atoms with Crippen molar-refractivity contribution < 1.29 is 9.53 Å². The van der Waals surface area contributed by atoms with Gasteiger partial charge >= 0.3 is 0 Å². The van der Waals surface area contributed by atoms with Gasteiger partial charge in [0.1, 0.15) is 11.6 Å². The van der Waals surface area contributed by atoms with Crippen LogP contribution in [0.25, 0.3) is 0 Å². The lowest BCUT2D eigenvalue weighted by Gasteiger charge is -2.05. The third-order valence-corrected chi connectivity index (χ3v) is 2.13. The van der Waals surface area contributed by atoms with Crippen molar-refractivity contribution in [3.63, 3.8) is 0 Å². The second-order valence-electron chi connectivity index (χ2n) is 3.44. The van der Waals surface area contributed by atoms with Gasteiger partial charge in [-0.3, -0.25) is 9.89 Å². The molecule has 0 aliphatic rings. The lowest BCUT2D eigenvalue weighted by Crippen LogP contribution is -2.20. The fraction of sp³-hybridized carbons (Fsp3) is 0.0833. The summed E-state index contributed by atoms with van der Waals surface area (Å²) in [6.07, 6.45) is 1.54. The molecule has 18 heavy (non-hydrogen) atoms. The first kappa shape index (κ1) is 11.7. The van der Waals surface area contributed by atoms with Crippen LogP contribution in [-0.4, -0.2) is 22.7 Å². The number of benzene rings is 1. The van der Waals surface area contributed by atoms with Gasteiger partial charge < -0.3 is 10.1 Å². The number of aromatic amines is 1. The number of H-pyrrole nitrogens is 1. The summed E-state index contributed by atoms with van der Waals surface area (Å²) < 4.78 is 5.26. The zero-order chi connectivity index (χ0) is 12.8. The molecule has 0 aliphatic carbocycles. The number of nitrogens with one attached hydrogen (secondary N) is 2. The van der Waals surface area contributed by atoms with Crippen molar-refractivity contribution in [2.75, 3.05) is 11.9 Å². The Morgan fingerprint density at radius 1 is 1.39 bits per heavy atom. The van der Waals surface area contributed by atoms with E-state index in [-0.39, 0.29) is 12.5 Å². The van der Waals surface area contributed by atoms with Crippen LogP contribution in [0.1, 0.15) is 5.56 Å². The average Bonchev–Trinajstić information content (AvgIpc) is 2.90. The quantitative estimate of drug-likeness (QED) is 0.845. The number of carbonyl (C=O) groups excluding carboxylic acids is 1. The van der Waals surface area contributed by atoms with Gasteiger partial charge in [0.2, 0.25) is 0 Å². The molecule has 6 heteroatoms.